The Morgan fingerprint density at radius 3 is 2.67 bits per heavy atom. The molecule has 1 fully saturated rings. The number of carboxylic acid groups (broad SMARTS) is 1. The zero-order valence-electron chi connectivity index (χ0n) is 9.94. The maximum absolute atomic E-state index is 10.5. The Kier molecular flexibility index (Phi) is 4.54. The molecule has 1 heterocycles. The molecule has 0 bridgehead atoms. The molecule has 1 N–H and O–H groups in total. The maximum Gasteiger partial charge on any atom is 0.304 e. The van der Waals surface area contributed by atoms with Crippen LogP contribution in [0.25, 0.3) is 0 Å². The fourth-order valence-corrected chi connectivity index (χ4v) is 2.14. The molecule has 88 valence electrons. The predicted molar refractivity (Wildman–Crippen MR) is 59.9 cm³/mol. The van der Waals surface area contributed by atoms with Crippen molar-refractivity contribution in [2.24, 2.45) is 5.92 Å². The van der Waals surface area contributed by atoms with Crippen LogP contribution in [0.2, 0.25) is 0 Å². The van der Waals surface area contributed by atoms with Crippen molar-refractivity contribution in [1.29, 1.82) is 0 Å². The number of carboxylic acids is 1. The normalized spacial score (nSPS) is 24.7. The lowest BCUT2D eigenvalue weighted by atomic mass is 10.0. The maximum atomic E-state index is 10.5. The molecule has 15 heavy (non-hydrogen) atoms. The summed E-state index contributed by atoms with van der Waals surface area (Å²) in [5.74, 6) is -0.0716. The van der Waals surface area contributed by atoms with E-state index in [0.29, 0.717) is 18.5 Å². The van der Waals surface area contributed by atoms with Gasteiger partial charge in [0, 0.05) is 32.2 Å². The molecule has 1 aliphatic rings. The van der Waals surface area contributed by atoms with Crippen LogP contribution >= 0.6 is 0 Å². The summed E-state index contributed by atoms with van der Waals surface area (Å²) in [5, 5.41) is 8.63. The summed E-state index contributed by atoms with van der Waals surface area (Å²) in [6.45, 7) is 8.17. The molecule has 1 saturated heterocycles. The summed E-state index contributed by atoms with van der Waals surface area (Å²) in [6, 6.07) is 0.563. The first-order valence-electron chi connectivity index (χ1n) is 5.65. The van der Waals surface area contributed by atoms with E-state index in [1.54, 1.807) is 0 Å². The molecule has 0 radical (unpaired) electrons. The van der Waals surface area contributed by atoms with Gasteiger partial charge in [-0.05, 0) is 13.0 Å². The number of carbonyl (C=O) groups is 1. The highest BCUT2D eigenvalue weighted by atomic mass is 16.4. The quantitative estimate of drug-likeness (QED) is 0.749. The summed E-state index contributed by atoms with van der Waals surface area (Å²) in [4.78, 5) is 15.1. The minimum Gasteiger partial charge on any atom is -0.481 e. The van der Waals surface area contributed by atoms with Crippen molar-refractivity contribution in [3.05, 3.63) is 0 Å². The van der Waals surface area contributed by atoms with Crippen molar-refractivity contribution in [2.45, 2.75) is 26.3 Å². The number of piperazine rings is 1. The van der Waals surface area contributed by atoms with Crippen LogP contribution in [0.4, 0.5) is 0 Å². The van der Waals surface area contributed by atoms with Gasteiger partial charge in [-0.3, -0.25) is 9.69 Å². The summed E-state index contributed by atoms with van der Waals surface area (Å²) < 4.78 is 0. The molecule has 4 heteroatoms. The van der Waals surface area contributed by atoms with Gasteiger partial charge >= 0.3 is 5.97 Å². The van der Waals surface area contributed by atoms with E-state index in [4.69, 9.17) is 5.11 Å². The van der Waals surface area contributed by atoms with Gasteiger partial charge in [0.1, 0.15) is 0 Å². The summed E-state index contributed by atoms with van der Waals surface area (Å²) >= 11 is 0. The van der Waals surface area contributed by atoms with Gasteiger partial charge in [0.2, 0.25) is 0 Å². The molecule has 0 saturated carbocycles. The lowest BCUT2D eigenvalue weighted by molar-refractivity contribution is -0.137. The highest BCUT2D eigenvalue weighted by Gasteiger charge is 2.26. The molecule has 1 atom stereocenters. The van der Waals surface area contributed by atoms with Crippen LogP contribution in [0.15, 0.2) is 0 Å². The molecule has 4 nitrogen and oxygen atoms in total. The van der Waals surface area contributed by atoms with Crippen molar-refractivity contribution in [1.82, 2.24) is 9.80 Å². The SMILES string of the molecule is CC(C)C1CN(CCC(=O)O)CCN1C. The Labute approximate surface area is 91.9 Å². The van der Waals surface area contributed by atoms with Gasteiger partial charge in [-0.15, -0.1) is 0 Å². The highest BCUT2D eigenvalue weighted by molar-refractivity contribution is 5.66. The Morgan fingerprint density at radius 2 is 2.13 bits per heavy atom. The molecule has 0 aliphatic carbocycles. The summed E-state index contributed by atoms with van der Waals surface area (Å²) in [5.41, 5.74) is 0. The molecule has 0 aromatic rings. The third-order valence-corrected chi connectivity index (χ3v) is 3.19. The van der Waals surface area contributed by atoms with Gasteiger partial charge in [-0.25, -0.2) is 0 Å². The van der Waals surface area contributed by atoms with Gasteiger partial charge in [0.05, 0.1) is 6.42 Å². The van der Waals surface area contributed by atoms with Crippen LogP contribution in [0, 0.1) is 5.92 Å². The van der Waals surface area contributed by atoms with Crippen LogP contribution < -0.4 is 0 Å². The fourth-order valence-electron chi connectivity index (χ4n) is 2.14. The second kappa shape index (κ2) is 5.47. The van der Waals surface area contributed by atoms with Crippen molar-refractivity contribution >= 4 is 5.97 Å². The Morgan fingerprint density at radius 1 is 1.47 bits per heavy atom. The molecular formula is C11H22N2O2. The third-order valence-electron chi connectivity index (χ3n) is 3.19. The van der Waals surface area contributed by atoms with Crippen LogP contribution in [0.5, 0.6) is 0 Å². The monoisotopic (exact) mass is 214 g/mol. The number of aliphatic carboxylic acids is 1. The van der Waals surface area contributed by atoms with E-state index < -0.39 is 5.97 Å². The van der Waals surface area contributed by atoms with E-state index in [0.717, 1.165) is 19.6 Å². The molecule has 0 spiro atoms. The second-order valence-electron chi connectivity index (χ2n) is 4.74. The predicted octanol–water partition coefficient (Wildman–Crippen LogP) is 0.733. The van der Waals surface area contributed by atoms with Crippen LogP contribution in [0.3, 0.4) is 0 Å². The number of hydrogen-bond acceptors (Lipinski definition) is 3. The number of likely N-dealkylation sites (N-methyl/N-ethyl adjacent to an activating group) is 1. The standard InChI is InChI=1S/C11H22N2O2/c1-9(2)10-8-13(5-4-11(14)15)7-6-12(10)3/h9-10H,4-8H2,1-3H3,(H,14,15). The van der Waals surface area contributed by atoms with E-state index in [2.05, 4.69) is 30.7 Å². The second-order valence-corrected chi connectivity index (χ2v) is 4.74. The fraction of sp³-hybridized carbons (Fsp3) is 0.909. The van der Waals surface area contributed by atoms with Crippen molar-refractivity contribution in [2.75, 3.05) is 33.2 Å². The highest BCUT2D eigenvalue weighted by Crippen LogP contribution is 2.15. The minimum atomic E-state index is -0.699. The smallest absolute Gasteiger partial charge is 0.304 e. The Balaban J connectivity index is 2.39. The molecular weight excluding hydrogens is 192 g/mol. The first kappa shape index (κ1) is 12.5. The van der Waals surface area contributed by atoms with Crippen molar-refractivity contribution in [3.8, 4) is 0 Å². The Hall–Kier alpha value is -0.610. The zero-order chi connectivity index (χ0) is 11.4. The van der Waals surface area contributed by atoms with E-state index in [9.17, 15) is 4.79 Å². The molecule has 1 rings (SSSR count). The van der Waals surface area contributed by atoms with E-state index in [-0.39, 0.29) is 6.42 Å². The van der Waals surface area contributed by atoms with Crippen LogP contribution in [-0.4, -0.2) is 60.1 Å². The first-order chi connectivity index (χ1) is 7.00. The van der Waals surface area contributed by atoms with E-state index in [1.165, 1.54) is 0 Å². The number of nitrogens with zero attached hydrogens (tertiary/aromatic N) is 2. The topological polar surface area (TPSA) is 43.8 Å². The minimum absolute atomic E-state index is 0.258. The molecule has 0 aromatic heterocycles. The number of hydrogen-bond donors (Lipinski definition) is 1. The van der Waals surface area contributed by atoms with Gasteiger partial charge in [0.25, 0.3) is 0 Å². The van der Waals surface area contributed by atoms with Crippen molar-refractivity contribution < 1.29 is 9.90 Å². The molecule has 1 aliphatic heterocycles. The van der Waals surface area contributed by atoms with Gasteiger partial charge in [0.15, 0.2) is 0 Å². The largest absolute Gasteiger partial charge is 0.481 e. The van der Waals surface area contributed by atoms with Crippen LogP contribution in [-0.2, 0) is 4.79 Å². The first-order valence-corrected chi connectivity index (χ1v) is 5.65. The molecule has 0 aromatic carbocycles. The van der Waals surface area contributed by atoms with E-state index >= 15 is 0 Å². The van der Waals surface area contributed by atoms with E-state index in [1.807, 2.05) is 0 Å². The molecule has 1 unspecified atom stereocenters. The average Bonchev–Trinajstić information content (AvgIpc) is 2.16. The third kappa shape index (κ3) is 3.80. The van der Waals surface area contributed by atoms with Gasteiger partial charge in [-0.2, -0.15) is 0 Å². The summed E-state index contributed by atoms with van der Waals surface area (Å²) in [6.07, 6.45) is 0.258. The summed E-state index contributed by atoms with van der Waals surface area (Å²) in [7, 11) is 2.15. The average molecular weight is 214 g/mol. The lowest BCUT2D eigenvalue weighted by Crippen LogP contribution is -2.53. The molecule has 0 amide bonds. The lowest BCUT2D eigenvalue weighted by Gasteiger charge is -2.41. The van der Waals surface area contributed by atoms with Gasteiger partial charge < -0.3 is 10.0 Å². The van der Waals surface area contributed by atoms with Crippen molar-refractivity contribution in [3.63, 3.8) is 0 Å². The zero-order valence-corrected chi connectivity index (χ0v) is 9.94. The number of rotatable bonds is 4. The van der Waals surface area contributed by atoms with Crippen LogP contribution in [0.1, 0.15) is 20.3 Å². The van der Waals surface area contributed by atoms with Gasteiger partial charge in [-0.1, -0.05) is 13.8 Å². The Bertz CT molecular complexity index is 219.